The van der Waals surface area contributed by atoms with E-state index in [0.29, 0.717) is 12.8 Å². The van der Waals surface area contributed by atoms with E-state index >= 15 is 0 Å². The molecule has 0 saturated heterocycles. The zero-order chi connectivity index (χ0) is 18.0. The Labute approximate surface area is 149 Å². The lowest BCUT2D eigenvalue weighted by atomic mass is 10.0. The quantitative estimate of drug-likeness (QED) is 0.344. The fourth-order valence-electron chi connectivity index (χ4n) is 2.94. The van der Waals surface area contributed by atoms with Crippen LogP contribution in [0.25, 0.3) is 0 Å². The van der Waals surface area contributed by atoms with E-state index < -0.39 is 12.1 Å². The van der Waals surface area contributed by atoms with Crippen molar-refractivity contribution in [3.63, 3.8) is 0 Å². The minimum atomic E-state index is -0.644. The summed E-state index contributed by atoms with van der Waals surface area (Å²) in [7, 11) is 0. The standard InChI is InChI=1S/C20H41NO3/c1-3-5-7-8-9-10-11-12-14-15-19(23)18(17-22)21-20(24)16-13-6-4-2/h18-19,22-23H,3-17H2,1-2H3,(H,21,24). The highest BCUT2D eigenvalue weighted by Crippen LogP contribution is 2.12. The number of carbonyl (C=O) groups is 1. The zero-order valence-electron chi connectivity index (χ0n) is 16.1. The number of nitrogens with one attached hydrogen (secondary N) is 1. The fraction of sp³-hybridized carbons (Fsp3) is 0.950. The third-order valence-corrected chi connectivity index (χ3v) is 4.62. The van der Waals surface area contributed by atoms with Crippen LogP contribution >= 0.6 is 0 Å². The molecule has 0 aromatic carbocycles. The van der Waals surface area contributed by atoms with E-state index in [4.69, 9.17) is 0 Å². The molecule has 2 unspecified atom stereocenters. The first-order chi connectivity index (χ1) is 11.7. The molecule has 0 bridgehead atoms. The molecule has 0 rings (SSSR count). The molecule has 0 saturated carbocycles. The number of aliphatic hydroxyl groups is 2. The maximum absolute atomic E-state index is 11.8. The number of carbonyl (C=O) groups excluding carboxylic acids is 1. The van der Waals surface area contributed by atoms with Crippen molar-refractivity contribution in [1.82, 2.24) is 5.32 Å². The summed E-state index contributed by atoms with van der Waals surface area (Å²) >= 11 is 0. The molecule has 0 aliphatic rings. The molecule has 4 nitrogen and oxygen atoms in total. The first-order valence-corrected chi connectivity index (χ1v) is 10.2. The van der Waals surface area contributed by atoms with E-state index in [1.54, 1.807) is 0 Å². The molecule has 2 atom stereocenters. The van der Waals surface area contributed by atoms with E-state index in [-0.39, 0.29) is 12.5 Å². The minimum absolute atomic E-state index is 0.0615. The van der Waals surface area contributed by atoms with Gasteiger partial charge in [-0.2, -0.15) is 0 Å². The summed E-state index contributed by atoms with van der Waals surface area (Å²) in [4.78, 5) is 11.8. The van der Waals surface area contributed by atoms with Crippen molar-refractivity contribution >= 4 is 5.91 Å². The molecule has 0 aliphatic carbocycles. The third-order valence-electron chi connectivity index (χ3n) is 4.62. The van der Waals surface area contributed by atoms with E-state index in [2.05, 4.69) is 19.2 Å². The SMILES string of the molecule is CCCCCCCCCCCC(O)C(CO)NC(=O)CCCCC. The summed E-state index contributed by atoms with van der Waals surface area (Å²) in [6.07, 6.45) is 14.7. The number of rotatable bonds is 17. The van der Waals surface area contributed by atoms with Crippen LogP contribution in [0.2, 0.25) is 0 Å². The van der Waals surface area contributed by atoms with Crippen molar-refractivity contribution in [2.24, 2.45) is 0 Å². The Morgan fingerprint density at radius 2 is 1.33 bits per heavy atom. The van der Waals surface area contributed by atoms with Gasteiger partial charge in [0.05, 0.1) is 18.8 Å². The molecule has 0 aromatic heterocycles. The molecule has 4 heteroatoms. The lowest BCUT2D eigenvalue weighted by Gasteiger charge is -2.22. The summed E-state index contributed by atoms with van der Waals surface area (Å²) in [6.45, 7) is 4.14. The van der Waals surface area contributed by atoms with Gasteiger partial charge in [0.1, 0.15) is 0 Å². The zero-order valence-corrected chi connectivity index (χ0v) is 16.1. The molecule has 0 aromatic rings. The topological polar surface area (TPSA) is 69.6 Å². The van der Waals surface area contributed by atoms with Crippen LogP contribution in [0.4, 0.5) is 0 Å². The normalized spacial score (nSPS) is 13.7. The van der Waals surface area contributed by atoms with Gasteiger partial charge in [-0.15, -0.1) is 0 Å². The van der Waals surface area contributed by atoms with Crippen LogP contribution in [0.15, 0.2) is 0 Å². The first-order valence-electron chi connectivity index (χ1n) is 10.2. The Morgan fingerprint density at radius 3 is 1.88 bits per heavy atom. The van der Waals surface area contributed by atoms with Crippen molar-refractivity contribution < 1.29 is 15.0 Å². The van der Waals surface area contributed by atoms with Crippen LogP contribution in [-0.4, -0.2) is 34.9 Å². The average molecular weight is 344 g/mol. The molecule has 1 amide bonds. The van der Waals surface area contributed by atoms with Gasteiger partial charge in [-0.3, -0.25) is 4.79 Å². The highest BCUT2D eigenvalue weighted by atomic mass is 16.3. The second-order valence-corrected chi connectivity index (χ2v) is 7.00. The maximum Gasteiger partial charge on any atom is 0.220 e. The summed E-state index contributed by atoms with van der Waals surface area (Å²) in [5.41, 5.74) is 0. The number of aliphatic hydroxyl groups excluding tert-OH is 2. The lowest BCUT2D eigenvalue weighted by molar-refractivity contribution is -0.123. The van der Waals surface area contributed by atoms with Crippen LogP contribution in [0, 0.1) is 0 Å². The van der Waals surface area contributed by atoms with Crippen molar-refractivity contribution in [2.75, 3.05) is 6.61 Å². The second-order valence-electron chi connectivity index (χ2n) is 7.00. The van der Waals surface area contributed by atoms with Gasteiger partial charge in [-0.1, -0.05) is 84.5 Å². The van der Waals surface area contributed by atoms with Gasteiger partial charge in [0.25, 0.3) is 0 Å². The molecular formula is C20H41NO3. The number of amides is 1. The van der Waals surface area contributed by atoms with Gasteiger partial charge >= 0.3 is 0 Å². The summed E-state index contributed by atoms with van der Waals surface area (Å²) < 4.78 is 0. The highest BCUT2D eigenvalue weighted by Gasteiger charge is 2.19. The molecule has 0 spiro atoms. The smallest absolute Gasteiger partial charge is 0.220 e. The number of hydrogen-bond acceptors (Lipinski definition) is 3. The molecule has 0 aliphatic heterocycles. The fourth-order valence-corrected chi connectivity index (χ4v) is 2.94. The van der Waals surface area contributed by atoms with E-state index in [9.17, 15) is 15.0 Å². The molecule has 0 radical (unpaired) electrons. The highest BCUT2D eigenvalue weighted by molar-refractivity contribution is 5.76. The monoisotopic (exact) mass is 343 g/mol. The Balaban J connectivity index is 3.67. The molecule has 0 fully saturated rings. The molecule has 24 heavy (non-hydrogen) atoms. The van der Waals surface area contributed by atoms with Crippen molar-refractivity contribution in [3.05, 3.63) is 0 Å². The molecule has 3 N–H and O–H groups in total. The third kappa shape index (κ3) is 13.8. The van der Waals surface area contributed by atoms with Gasteiger partial charge in [-0.05, 0) is 12.8 Å². The van der Waals surface area contributed by atoms with Crippen LogP contribution in [-0.2, 0) is 4.79 Å². The van der Waals surface area contributed by atoms with Crippen molar-refractivity contribution in [3.8, 4) is 0 Å². The summed E-state index contributed by atoms with van der Waals surface area (Å²) in [5.74, 6) is -0.0615. The van der Waals surface area contributed by atoms with Crippen molar-refractivity contribution in [2.45, 2.75) is 116 Å². The summed E-state index contributed by atoms with van der Waals surface area (Å²) in [5, 5.41) is 22.3. The average Bonchev–Trinajstić information content (AvgIpc) is 2.58. The Hall–Kier alpha value is -0.610. The van der Waals surface area contributed by atoms with E-state index in [0.717, 1.165) is 32.1 Å². The Morgan fingerprint density at radius 1 is 0.833 bits per heavy atom. The van der Waals surface area contributed by atoms with Crippen LogP contribution in [0.1, 0.15) is 104 Å². The molecule has 0 heterocycles. The van der Waals surface area contributed by atoms with Gasteiger partial charge < -0.3 is 15.5 Å². The predicted octanol–water partition coefficient (Wildman–Crippen LogP) is 4.33. The van der Waals surface area contributed by atoms with Gasteiger partial charge in [0, 0.05) is 6.42 Å². The Bertz CT molecular complexity index is 284. The largest absolute Gasteiger partial charge is 0.394 e. The van der Waals surface area contributed by atoms with E-state index in [1.807, 2.05) is 0 Å². The summed E-state index contributed by atoms with van der Waals surface area (Å²) in [6, 6.07) is -0.520. The van der Waals surface area contributed by atoms with Crippen LogP contribution < -0.4 is 5.32 Å². The maximum atomic E-state index is 11.8. The number of unbranched alkanes of at least 4 members (excludes halogenated alkanes) is 10. The molecular weight excluding hydrogens is 302 g/mol. The number of hydrogen-bond donors (Lipinski definition) is 3. The van der Waals surface area contributed by atoms with Crippen LogP contribution in [0.5, 0.6) is 0 Å². The minimum Gasteiger partial charge on any atom is -0.394 e. The van der Waals surface area contributed by atoms with Gasteiger partial charge in [-0.25, -0.2) is 0 Å². The lowest BCUT2D eigenvalue weighted by Crippen LogP contribution is -2.45. The van der Waals surface area contributed by atoms with Crippen LogP contribution in [0.3, 0.4) is 0 Å². The van der Waals surface area contributed by atoms with Crippen molar-refractivity contribution in [1.29, 1.82) is 0 Å². The predicted molar refractivity (Wildman–Crippen MR) is 101 cm³/mol. The Kier molecular flexibility index (Phi) is 16.8. The second kappa shape index (κ2) is 17.2. The first kappa shape index (κ1) is 23.4. The van der Waals surface area contributed by atoms with Gasteiger partial charge in [0.15, 0.2) is 0 Å². The molecule has 144 valence electrons. The van der Waals surface area contributed by atoms with E-state index in [1.165, 1.54) is 44.9 Å². The van der Waals surface area contributed by atoms with Gasteiger partial charge in [0.2, 0.25) is 5.91 Å².